The predicted molar refractivity (Wildman–Crippen MR) is 114 cm³/mol. The first-order valence-corrected chi connectivity index (χ1v) is 9.87. The van der Waals surface area contributed by atoms with Crippen LogP contribution in [0.5, 0.6) is 5.75 Å². The summed E-state index contributed by atoms with van der Waals surface area (Å²) >= 11 is 0. The Hall–Kier alpha value is -3.66. The second-order valence-electron chi connectivity index (χ2n) is 7.50. The zero-order valence-electron chi connectivity index (χ0n) is 15.8. The summed E-state index contributed by atoms with van der Waals surface area (Å²) in [5.41, 5.74) is 4.46. The van der Waals surface area contributed by atoms with E-state index in [2.05, 4.69) is 64.6 Å². The molecule has 2 unspecified atom stereocenters. The molecule has 140 valence electrons. The van der Waals surface area contributed by atoms with E-state index in [1.54, 1.807) is 6.20 Å². The Morgan fingerprint density at radius 3 is 2.62 bits per heavy atom. The SMILES string of the molecule is c1cncc(C2Oc3ccccc3C3CC(c4ccc5ccccc5c4)=NN32)c1. The fourth-order valence-electron chi connectivity index (χ4n) is 4.32. The minimum absolute atomic E-state index is 0.159. The molecule has 4 heteroatoms. The molecular weight excluding hydrogens is 358 g/mol. The normalized spacial score (nSPS) is 20.0. The molecule has 4 aromatic rings. The van der Waals surface area contributed by atoms with Gasteiger partial charge in [0.25, 0.3) is 0 Å². The van der Waals surface area contributed by atoms with E-state index in [0.717, 1.165) is 23.4 Å². The molecule has 0 aliphatic carbocycles. The van der Waals surface area contributed by atoms with Crippen LogP contribution in [0.3, 0.4) is 0 Å². The molecule has 3 heterocycles. The molecular formula is C25H19N3O. The average molecular weight is 377 g/mol. The molecule has 0 saturated carbocycles. The predicted octanol–water partition coefficient (Wildman–Crippen LogP) is 5.48. The van der Waals surface area contributed by atoms with E-state index in [9.17, 15) is 0 Å². The van der Waals surface area contributed by atoms with E-state index in [1.165, 1.54) is 21.9 Å². The largest absolute Gasteiger partial charge is 0.464 e. The van der Waals surface area contributed by atoms with Crippen LogP contribution < -0.4 is 4.74 Å². The van der Waals surface area contributed by atoms with Crippen molar-refractivity contribution >= 4 is 16.5 Å². The van der Waals surface area contributed by atoms with Gasteiger partial charge in [0.15, 0.2) is 0 Å². The van der Waals surface area contributed by atoms with E-state index in [4.69, 9.17) is 9.84 Å². The molecule has 0 fully saturated rings. The summed E-state index contributed by atoms with van der Waals surface area (Å²) in [6, 6.07) is 27.5. The fourth-order valence-corrected chi connectivity index (χ4v) is 4.32. The van der Waals surface area contributed by atoms with Crippen molar-refractivity contribution in [1.82, 2.24) is 9.99 Å². The molecule has 29 heavy (non-hydrogen) atoms. The summed E-state index contributed by atoms with van der Waals surface area (Å²) in [5.74, 6) is 0.928. The van der Waals surface area contributed by atoms with Crippen LogP contribution >= 0.6 is 0 Å². The van der Waals surface area contributed by atoms with Gasteiger partial charge in [0, 0.05) is 29.9 Å². The highest BCUT2D eigenvalue weighted by atomic mass is 16.5. The molecule has 0 saturated heterocycles. The van der Waals surface area contributed by atoms with Gasteiger partial charge in [-0.3, -0.25) is 4.98 Å². The van der Waals surface area contributed by atoms with Crippen LogP contribution in [0.25, 0.3) is 10.8 Å². The van der Waals surface area contributed by atoms with Gasteiger partial charge in [0.05, 0.1) is 11.8 Å². The van der Waals surface area contributed by atoms with Crippen molar-refractivity contribution < 1.29 is 4.74 Å². The second kappa shape index (κ2) is 6.45. The van der Waals surface area contributed by atoms with Gasteiger partial charge in [-0.1, -0.05) is 60.7 Å². The Bertz CT molecular complexity index is 1240. The Morgan fingerprint density at radius 2 is 1.72 bits per heavy atom. The highest BCUT2D eigenvalue weighted by molar-refractivity contribution is 6.04. The van der Waals surface area contributed by atoms with E-state index in [1.807, 2.05) is 30.5 Å². The molecule has 1 aromatic heterocycles. The molecule has 6 rings (SSSR count). The smallest absolute Gasteiger partial charge is 0.215 e. The van der Waals surface area contributed by atoms with Crippen LogP contribution in [0.2, 0.25) is 0 Å². The van der Waals surface area contributed by atoms with Crippen molar-refractivity contribution in [3.63, 3.8) is 0 Å². The minimum Gasteiger partial charge on any atom is -0.464 e. The van der Waals surface area contributed by atoms with Crippen molar-refractivity contribution in [2.45, 2.75) is 18.7 Å². The van der Waals surface area contributed by atoms with Crippen LogP contribution in [0.15, 0.2) is 96.4 Å². The lowest BCUT2D eigenvalue weighted by molar-refractivity contribution is -0.0192. The summed E-state index contributed by atoms with van der Waals surface area (Å²) < 4.78 is 6.37. The first-order valence-electron chi connectivity index (χ1n) is 9.87. The number of pyridine rings is 1. The lowest BCUT2D eigenvalue weighted by Gasteiger charge is -2.38. The number of rotatable bonds is 2. The van der Waals surface area contributed by atoms with E-state index in [-0.39, 0.29) is 12.3 Å². The zero-order valence-corrected chi connectivity index (χ0v) is 15.8. The monoisotopic (exact) mass is 377 g/mol. The summed E-state index contributed by atoms with van der Waals surface area (Å²) in [6.07, 6.45) is 4.22. The number of hydrazone groups is 1. The molecule has 0 spiro atoms. The Balaban J connectivity index is 1.45. The van der Waals surface area contributed by atoms with Gasteiger partial charge in [-0.2, -0.15) is 5.10 Å². The van der Waals surface area contributed by atoms with Crippen LogP contribution in [0.4, 0.5) is 0 Å². The van der Waals surface area contributed by atoms with Gasteiger partial charge in [-0.15, -0.1) is 0 Å². The number of hydrogen-bond acceptors (Lipinski definition) is 4. The first kappa shape index (κ1) is 16.3. The van der Waals surface area contributed by atoms with Gasteiger partial charge in [0.2, 0.25) is 6.23 Å². The van der Waals surface area contributed by atoms with E-state index in [0.29, 0.717) is 0 Å². The maximum Gasteiger partial charge on any atom is 0.215 e. The lowest BCUT2D eigenvalue weighted by Crippen LogP contribution is -2.33. The van der Waals surface area contributed by atoms with Crippen molar-refractivity contribution in [2.24, 2.45) is 5.10 Å². The standard InChI is InChI=1S/C25H19N3O/c1-2-7-18-14-19(12-11-17(18)6-1)22-15-23-21-9-3-4-10-24(21)29-25(28(23)27-22)20-8-5-13-26-16-20/h1-14,16,23,25H,15H2. The summed E-state index contributed by atoms with van der Waals surface area (Å²) in [4.78, 5) is 4.29. The number of para-hydroxylation sites is 1. The molecule has 0 bridgehead atoms. The second-order valence-corrected chi connectivity index (χ2v) is 7.50. The van der Waals surface area contributed by atoms with Gasteiger partial charge in [-0.05, 0) is 34.5 Å². The quantitative estimate of drug-likeness (QED) is 0.464. The van der Waals surface area contributed by atoms with Gasteiger partial charge in [-0.25, -0.2) is 5.01 Å². The third-order valence-corrected chi connectivity index (χ3v) is 5.75. The average Bonchev–Trinajstić information content (AvgIpc) is 3.25. The third kappa shape index (κ3) is 2.68. The molecule has 3 aromatic carbocycles. The van der Waals surface area contributed by atoms with Crippen molar-refractivity contribution in [2.75, 3.05) is 0 Å². The molecule has 0 N–H and O–H groups in total. The Labute approximate surface area is 169 Å². The third-order valence-electron chi connectivity index (χ3n) is 5.75. The summed E-state index contributed by atoms with van der Waals surface area (Å²) in [6.45, 7) is 0. The number of fused-ring (bicyclic) bond motifs is 4. The fraction of sp³-hybridized carbons (Fsp3) is 0.120. The van der Waals surface area contributed by atoms with Gasteiger partial charge < -0.3 is 4.74 Å². The first-order chi connectivity index (χ1) is 14.4. The highest BCUT2D eigenvalue weighted by Crippen LogP contribution is 2.47. The molecule has 2 aliphatic rings. The van der Waals surface area contributed by atoms with Crippen LogP contribution in [0, 0.1) is 0 Å². The van der Waals surface area contributed by atoms with Gasteiger partial charge >= 0.3 is 0 Å². The minimum atomic E-state index is -0.276. The van der Waals surface area contributed by atoms with Crippen LogP contribution in [-0.4, -0.2) is 15.7 Å². The molecule has 2 atom stereocenters. The summed E-state index contributed by atoms with van der Waals surface area (Å²) in [7, 11) is 0. The number of aromatic nitrogens is 1. The summed E-state index contributed by atoms with van der Waals surface area (Å²) in [5, 5.41) is 9.62. The molecule has 2 aliphatic heterocycles. The maximum absolute atomic E-state index is 6.37. The lowest BCUT2D eigenvalue weighted by atomic mass is 9.95. The number of benzene rings is 3. The highest BCUT2D eigenvalue weighted by Gasteiger charge is 2.40. The van der Waals surface area contributed by atoms with Gasteiger partial charge in [0.1, 0.15) is 5.75 Å². The van der Waals surface area contributed by atoms with Crippen LogP contribution in [-0.2, 0) is 0 Å². The number of nitrogens with zero attached hydrogens (tertiary/aromatic N) is 3. The van der Waals surface area contributed by atoms with E-state index < -0.39 is 0 Å². The van der Waals surface area contributed by atoms with Crippen molar-refractivity contribution in [1.29, 1.82) is 0 Å². The molecule has 4 nitrogen and oxygen atoms in total. The van der Waals surface area contributed by atoms with Crippen LogP contribution in [0.1, 0.15) is 35.4 Å². The Kier molecular flexibility index (Phi) is 3.63. The molecule has 0 radical (unpaired) electrons. The van der Waals surface area contributed by atoms with E-state index >= 15 is 0 Å². The van der Waals surface area contributed by atoms with Crippen molar-refractivity contribution in [3.8, 4) is 5.75 Å². The Morgan fingerprint density at radius 1 is 0.862 bits per heavy atom. The molecule has 0 amide bonds. The van der Waals surface area contributed by atoms with Crippen molar-refractivity contribution in [3.05, 3.63) is 108 Å². The maximum atomic E-state index is 6.37. The zero-order chi connectivity index (χ0) is 19.2. The number of hydrogen-bond donors (Lipinski definition) is 0. The number of ether oxygens (including phenoxy) is 1. The topological polar surface area (TPSA) is 37.7 Å².